The van der Waals surface area contributed by atoms with Crippen LogP contribution in [0.15, 0.2) is 0 Å². The minimum absolute atomic E-state index is 0.146. The summed E-state index contributed by atoms with van der Waals surface area (Å²) in [6.45, 7) is 12.6. The fourth-order valence-electron chi connectivity index (χ4n) is 2.49. The van der Waals surface area contributed by atoms with Crippen molar-refractivity contribution < 1.29 is 4.74 Å². The molecular formula is C13H28N2O. The van der Waals surface area contributed by atoms with Crippen LogP contribution in [0.2, 0.25) is 0 Å². The van der Waals surface area contributed by atoms with Crippen molar-refractivity contribution in [3.63, 3.8) is 0 Å². The average Bonchev–Trinajstić information content (AvgIpc) is 2.26. The van der Waals surface area contributed by atoms with Gasteiger partial charge in [0.25, 0.3) is 0 Å². The quantitative estimate of drug-likeness (QED) is 0.780. The van der Waals surface area contributed by atoms with Crippen LogP contribution in [0.1, 0.15) is 40.5 Å². The summed E-state index contributed by atoms with van der Waals surface area (Å²) in [5, 5.41) is 0. The van der Waals surface area contributed by atoms with Crippen LogP contribution in [0.25, 0.3) is 0 Å². The lowest BCUT2D eigenvalue weighted by Crippen LogP contribution is -2.59. The third-order valence-electron chi connectivity index (χ3n) is 3.76. The van der Waals surface area contributed by atoms with Crippen LogP contribution < -0.4 is 5.73 Å². The fraction of sp³-hybridized carbons (Fsp3) is 1.00. The molecule has 2 unspecified atom stereocenters. The van der Waals surface area contributed by atoms with Crippen LogP contribution in [0.4, 0.5) is 0 Å². The zero-order valence-corrected chi connectivity index (χ0v) is 11.3. The maximum atomic E-state index is 6.00. The van der Waals surface area contributed by atoms with Gasteiger partial charge in [-0.05, 0) is 32.6 Å². The lowest BCUT2D eigenvalue weighted by molar-refractivity contribution is -0.0545. The molecule has 0 radical (unpaired) electrons. The van der Waals surface area contributed by atoms with Gasteiger partial charge in [-0.15, -0.1) is 0 Å². The summed E-state index contributed by atoms with van der Waals surface area (Å²) < 4.78 is 5.49. The molecule has 3 heteroatoms. The zero-order valence-electron chi connectivity index (χ0n) is 11.3. The minimum atomic E-state index is 0.146. The Morgan fingerprint density at radius 1 is 1.50 bits per heavy atom. The van der Waals surface area contributed by atoms with E-state index in [0.717, 1.165) is 32.2 Å². The third-order valence-corrected chi connectivity index (χ3v) is 3.76. The maximum absolute atomic E-state index is 6.00. The topological polar surface area (TPSA) is 38.5 Å². The number of rotatable bonds is 5. The highest BCUT2D eigenvalue weighted by Crippen LogP contribution is 2.26. The van der Waals surface area contributed by atoms with Crippen LogP contribution in [0.5, 0.6) is 0 Å². The van der Waals surface area contributed by atoms with E-state index in [-0.39, 0.29) is 5.54 Å². The highest BCUT2D eigenvalue weighted by Gasteiger charge is 2.35. The van der Waals surface area contributed by atoms with Crippen molar-refractivity contribution in [2.24, 2.45) is 11.7 Å². The number of ether oxygens (including phenoxy) is 1. The molecule has 2 N–H and O–H groups in total. The molecule has 1 saturated heterocycles. The summed E-state index contributed by atoms with van der Waals surface area (Å²) in [5.74, 6) is 0.752. The van der Waals surface area contributed by atoms with E-state index in [9.17, 15) is 0 Å². The largest absolute Gasteiger partial charge is 0.379 e. The summed E-state index contributed by atoms with van der Waals surface area (Å²) in [5.41, 5.74) is 6.15. The van der Waals surface area contributed by atoms with Gasteiger partial charge in [-0.1, -0.05) is 13.8 Å². The predicted molar refractivity (Wildman–Crippen MR) is 68.5 cm³/mol. The van der Waals surface area contributed by atoms with Gasteiger partial charge in [0.1, 0.15) is 0 Å². The molecule has 0 bridgehead atoms. The zero-order chi connectivity index (χ0) is 12.2. The van der Waals surface area contributed by atoms with E-state index in [1.165, 1.54) is 12.8 Å². The van der Waals surface area contributed by atoms with Crippen LogP contribution in [0, 0.1) is 5.92 Å². The first kappa shape index (κ1) is 13.9. The molecule has 1 aliphatic rings. The summed E-state index contributed by atoms with van der Waals surface area (Å²) in [6, 6.07) is 0.495. The van der Waals surface area contributed by atoms with E-state index in [4.69, 9.17) is 10.5 Å². The lowest BCUT2D eigenvalue weighted by atomic mass is 9.88. The Labute approximate surface area is 100 Å². The second-order valence-corrected chi connectivity index (χ2v) is 5.75. The van der Waals surface area contributed by atoms with Crippen molar-refractivity contribution in [3.8, 4) is 0 Å². The predicted octanol–water partition coefficient (Wildman–Crippen LogP) is 1.86. The van der Waals surface area contributed by atoms with E-state index in [0.29, 0.717) is 6.04 Å². The average molecular weight is 228 g/mol. The molecule has 1 heterocycles. The van der Waals surface area contributed by atoms with E-state index in [2.05, 4.69) is 32.6 Å². The SMILES string of the molecule is CC(C)CCC(C)(CN)N1CCOCC1C. The van der Waals surface area contributed by atoms with Crippen LogP contribution in [0.3, 0.4) is 0 Å². The van der Waals surface area contributed by atoms with Gasteiger partial charge in [0, 0.05) is 24.7 Å². The molecule has 0 aromatic heterocycles. The molecular weight excluding hydrogens is 200 g/mol. The van der Waals surface area contributed by atoms with E-state index < -0.39 is 0 Å². The second kappa shape index (κ2) is 5.99. The lowest BCUT2D eigenvalue weighted by Gasteiger charge is -2.47. The molecule has 1 rings (SSSR count). The Balaban J connectivity index is 2.61. The first-order valence-electron chi connectivity index (χ1n) is 6.54. The van der Waals surface area contributed by atoms with Gasteiger partial charge in [-0.2, -0.15) is 0 Å². The molecule has 0 aromatic rings. The van der Waals surface area contributed by atoms with E-state index in [1.54, 1.807) is 0 Å². The summed E-state index contributed by atoms with van der Waals surface area (Å²) in [6.07, 6.45) is 2.43. The van der Waals surface area contributed by atoms with Gasteiger partial charge in [-0.25, -0.2) is 0 Å². The second-order valence-electron chi connectivity index (χ2n) is 5.75. The van der Waals surface area contributed by atoms with E-state index in [1.807, 2.05) is 0 Å². The van der Waals surface area contributed by atoms with Crippen LogP contribution in [-0.2, 0) is 4.74 Å². The Morgan fingerprint density at radius 2 is 2.19 bits per heavy atom. The van der Waals surface area contributed by atoms with Gasteiger partial charge in [0.05, 0.1) is 13.2 Å². The Hall–Kier alpha value is -0.120. The molecule has 1 fully saturated rings. The highest BCUT2D eigenvalue weighted by molar-refractivity contribution is 4.91. The van der Waals surface area contributed by atoms with Gasteiger partial charge in [0.2, 0.25) is 0 Å². The molecule has 16 heavy (non-hydrogen) atoms. The molecule has 0 saturated carbocycles. The highest BCUT2D eigenvalue weighted by atomic mass is 16.5. The fourth-order valence-corrected chi connectivity index (χ4v) is 2.49. The maximum Gasteiger partial charge on any atom is 0.0620 e. The molecule has 96 valence electrons. The van der Waals surface area contributed by atoms with Gasteiger partial charge >= 0.3 is 0 Å². The Morgan fingerprint density at radius 3 is 2.69 bits per heavy atom. The number of hydrogen-bond acceptors (Lipinski definition) is 3. The monoisotopic (exact) mass is 228 g/mol. The number of nitrogens with zero attached hydrogens (tertiary/aromatic N) is 1. The third kappa shape index (κ3) is 3.44. The molecule has 0 spiro atoms. The number of hydrogen-bond donors (Lipinski definition) is 1. The first-order valence-corrected chi connectivity index (χ1v) is 6.54. The van der Waals surface area contributed by atoms with Crippen molar-refractivity contribution in [2.45, 2.75) is 52.1 Å². The van der Waals surface area contributed by atoms with Crippen LogP contribution >= 0.6 is 0 Å². The van der Waals surface area contributed by atoms with Crippen molar-refractivity contribution in [1.29, 1.82) is 0 Å². The molecule has 1 aliphatic heterocycles. The van der Waals surface area contributed by atoms with Crippen molar-refractivity contribution in [2.75, 3.05) is 26.3 Å². The Kier molecular flexibility index (Phi) is 5.22. The first-order chi connectivity index (χ1) is 7.49. The summed E-state index contributed by atoms with van der Waals surface area (Å²) in [7, 11) is 0. The standard InChI is InChI=1S/C13H28N2O/c1-11(2)5-6-13(4,10-14)15-7-8-16-9-12(15)3/h11-12H,5-10,14H2,1-4H3. The van der Waals surface area contributed by atoms with Crippen LogP contribution in [-0.4, -0.2) is 42.8 Å². The van der Waals surface area contributed by atoms with E-state index >= 15 is 0 Å². The summed E-state index contributed by atoms with van der Waals surface area (Å²) >= 11 is 0. The number of morpholine rings is 1. The molecule has 0 aromatic carbocycles. The smallest absolute Gasteiger partial charge is 0.0620 e. The molecule has 0 aliphatic carbocycles. The minimum Gasteiger partial charge on any atom is -0.379 e. The Bertz CT molecular complexity index is 208. The van der Waals surface area contributed by atoms with Gasteiger partial charge < -0.3 is 10.5 Å². The summed E-state index contributed by atoms with van der Waals surface area (Å²) in [4.78, 5) is 2.54. The molecule has 3 nitrogen and oxygen atoms in total. The van der Waals surface area contributed by atoms with Gasteiger partial charge in [-0.3, -0.25) is 4.90 Å². The normalized spacial score (nSPS) is 27.0. The van der Waals surface area contributed by atoms with Crippen molar-refractivity contribution >= 4 is 0 Å². The van der Waals surface area contributed by atoms with Gasteiger partial charge in [0.15, 0.2) is 0 Å². The van der Waals surface area contributed by atoms with Crippen molar-refractivity contribution in [1.82, 2.24) is 4.90 Å². The molecule has 0 amide bonds. The molecule has 2 atom stereocenters. The van der Waals surface area contributed by atoms with Crippen molar-refractivity contribution in [3.05, 3.63) is 0 Å². The number of nitrogens with two attached hydrogens (primary N) is 1.